The first-order chi connectivity index (χ1) is 9.63. The molecule has 1 heterocycles. The Morgan fingerprint density at radius 1 is 1.30 bits per heavy atom. The molecule has 1 saturated carbocycles. The Morgan fingerprint density at radius 2 is 2.15 bits per heavy atom. The number of phenolic OH excluding ortho intramolecular Hbond substituents is 1. The minimum Gasteiger partial charge on any atom is -0.508 e. The number of carbonyl (C=O) groups is 1. The molecule has 3 atom stereocenters. The molecule has 0 radical (unpaired) electrons. The molecule has 3 aliphatic rings. The maximum absolute atomic E-state index is 12.9. The number of likely N-dealkylation sites (N-methyl/N-ethyl adjacent to an activating group) is 1. The summed E-state index contributed by atoms with van der Waals surface area (Å²) in [4.78, 5) is 15.1. The van der Waals surface area contributed by atoms with E-state index in [2.05, 4.69) is 11.9 Å². The van der Waals surface area contributed by atoms with Gasteiger partial charge in [-0.1, -0.05) is 12.8 Å². The standard InChI is InChI=1S/C17H21NO2/c1-18-9-8-17-7-3-2-4-13(17)15(18)16(20)12-6-5-11(19)10-14(12)17/h5-6,10,13,15,19H,2-4,7-9H2,1H3/t13-,15-,17+/m1/s1. The van der Waals surface area contributed by atoms with Crippen molar-refractivity contribution in [2.45, 2.75) is 43.6 Å². The molecular formula is C17H21NO2. The van der Waals surface area contributed by atoms with Crippen molar-refractivity contribution in [3.63, 3.8) is 0 Å². The van der Waals surface area contributed by atoms with Gasteiger partial charge in [-0.05, 0) is 62.5 Å². The van der Waals surface area contributed by atoms with Crippen LogP contribution in [0.1, 0.15) is 48.0 Å². The summed E-state index contributed by atoms with van der Waals surface area (Å²) < 4.78 is 0. The van der Waals surface area contributed by atoms with Crippen LogP contribution in [0.5, 0.6) is 5.75 Å². The van der Waals surface area contributed by atoms with Gasteiger partial charge in [-0.15, -0.1) is 0 Å². The average Bonchev–Trinajstić information content (AvgIpc) is 2.46. The Hall–Kier alpha value is -1.35. The van der Waals surface area contributed by atoms with Gasteiger partial charge in [-0.2, -0.15) is 0 Å². The molecule has 3 nitrogen and oxygen atoms in total. The van der Waals surface area contributed by atoms with Crippen molar-refractivity contribution in [3.05, 3.63) is 29.3 Å². The van der Waals surface area contributed by atoms with Crippen LogP contribution in [0.15, 0.2) is 18.2 Å². The Morgan fingerprint density at radius 3 is 3.00 bits per heavy atom. The van der Waals surface area contributed by atoms with Crippen molar-refractivity contribution in [1.82, 2.24) is 4.90 Å². The zero-order chi connectivity index (χ0) is 13.9. The van der Waals surface area contributed by atoms with Crippen molar-refractivity contribution >= 4 is 5.78 Å². The molecule has 0 unspecified atom stereocenters. The number of piperidine rings is 1. The Labute approximate surface area is 119 Å². The number of Topliss-reactive ketones (excluding diaryl/α,β-unsaturated/α-hetero) is 1. The Balaban J connectivity index is 1.97. The summed E-state index contributed by atoms with van der Waals surface area (Å²) in [7, 11) is 2.09. The van der Waals surface area contributed by atoms with E-state index in [1.54, 1.807) is 6.07 Å². The van der Waals surface area contributed by atoms with E-state index in [1.165, 1.54) is 19.3 Å². The van der Waals surface area contributed by atoms with E-state index >= 15 is 0 Å². The lowest BCUT2D eigenvalue weighted by Crippen LogP contribution is -2.62. The first kappa shape index (κ1) is 12.4. The third-order valence-corrected chi connectivity index (χ3v) is 5.94. The monoisotopic (exact) mass is 271 g/mol. The maximum atomic E-state index is 12.9. The maximum Gasteiger partial charge on any atom is 0.180 e. The normalized spacial score (nSPS) is 36.4. The second-order valence-electron chi connectivity index (χ2n) is 6.78. The summed E-state index contributed by atoms with van der Waals surface area (Å²) in [6.07, 6.45) is 5.92. The molecule has 1 saturated heterocycles. The predicted molar refractivity (Wildman–Crippen MR) is 77.1 cm³/mol. The number of benzene rings is 1. The van der Waals surface area contributed by atoms with Gasteiger partial charge in [-0.25, -0.2) is 0 Å². The van der Waals surface area contributed by atoms with Crippen molar-refractivity contribution in [2.75, 3.05) is 13.6 Å². The topological polar surface area (TPSA) is 40.5 Å². The van der Waals surface area contributed by atoms with E-state index in [1.807, 2.05) is 12.1 Å². The third kappa shape index (κ3) is 1.42. The number of hydrogen-bond donors (Lipinski definition) is 1. The van der Waals surface area contributed by atoms with E-state index in [-0.39, 0.29) is 17.2 Å². The lowest BCUT2D eigenvalue weighted by atomic mass is 9.52. The number of nitrogens with zero attached hydrogens (tertiary/aromatic N) is 1. The molecule has 0 aromatic heterocycles. The van der Waals surface area contributed by atoms with Crippen molar-refractivity contribution < 1.29 is 9.90 Å². The first-order valence-corrected chi connectivity index (χ1v) is 7.71. The van der Waals surface area contributed by atoms with Crippen molar-refractivity contribution in [1.29, 1.82) is 0 Å². The lowest BCUT2D eigenvalue weighted by molar-refractivity contribution is 0.00836. The number of rotatable bonds is 0. The van der Waals surface area contributed by atoms with Crippen LogP contribution in [0, 0.1) is 5.92 Å². The van der Waals surface area contributed by atoms with E-state index in [9.17, 15) is 9.90 Å². The molecule has 4 rings (SSSR count). The Bertz CT molecular complexity index is 582. The quantitative estimate of drug-likeness (QED) is 0.788. The van der Waals surface area contributed by atoms with E-state index in [0.717, 1.165) is 30.5 Å². The molecule has 20 heavy (non-hydrogen) atoms. The zero-order valence-corrected chi connectivity index (χ0v) is 11.9. The summed E-state index contributed by atoms with van der Waals surface area (Å²) in [5.41, 5.74) is 2.13. The highest BCUT2D eigenvalue weighted by Gasteiger charge is 2.56. The molecule has 1 aliphatic heterocycles. The summed E-state index contributed by atoms with van der Waals surface area (Å²) in [6, 6.07) is 5.42. The van der Waals surface area contributed by atoms with Gasteiger partial charge in [0.1, 0.15) is 5.75 Å². The number of fused-ring (bicyclic) bond motifs is 1. The molecule has 1 N–H and O–H groups in total. The highest BCUT2D eigenvalue weighted by atomic mass is 16.3. The van der Waals surface area contributed by atoms with Gasteiger partial charge in [0.2, 0.25) is 0 Å². The number of phenols is 1. The first-order valence-electron chi connectivity index (χ1n) is 7.71. The number of ketones is 1. The molecule has 1 aromatic rings. The number of aromatic hydroxyl groups is 1. The second kappa shape index (κ2) is 4.08. The van der Waals surface area contributed by atoms with Crippen molar-refractivity contribution in [2.24, 2.45) is 5.92 Å². The number of likely N-dealkylation sites (tertiary alicyclic amines) is 1. The van der Waals surface area contributed by atoms with E-state index in [0.29, 0.717) is 11.7 Å². The van der Waals surface area contributed by atoms with Crippen LogP contribution in [-0.4, -0.2) is 35.4 Å². The van der Waals surface area contributed by atoms with Crippen LogP contribution in [0.2, 0.25) is 0 Å². The average molecular weight is 271 g/mol. The van der Waals surface area contributed by atoms with Crippen LogP contribution >= 0.6 is 0 Å². The molecule has 0 spiro atoms. The minimum atomic E-state index is 0.0566. The SMILES string of the molecule is CN1CC[C@@]23CCCC[C@@H]2[C@@H]1C(=O)c1ccc(O)cc13. The zero-order valence-electron chi connectivity index (χ0n) is 11.9. The summed E-state index contributed by atoms with van der Waals surface area (Å²) >= 11 is 0. The van der Waals surface area contributed by atoms with Gasteiger partial charge in [0.05, 0.1) is 6.04 Å². The fraction of sp³-hybridized carbons (Fsp3) is 0.588. The highest BCUT2D eigenvalue weighted by molar-refractivity contribution is 6.03. The van der Waals surface area contributed by atoms with E-state index < -0.39 is 0 Å². The molecule has 2 fully saturated rings. The molecule has 3 heteroatoms. The number of carbonyl (C=O) groups excluding carboxylic acids is 1. The van der Waals surface area contributed by atoms with Gasteiger partial charge in [-0.3, -0.25) is 9.69 Å². The van der Waals surface area contributed by atoms with Gasteiger partial charge in [0.15, 0.2) is 5.78 Å². The van der Waals surface area contributed by atoms with E-state index in [4.69, 9.17) is 0 Å². The van der Waals surface area contributed by atoms with Crippen LogP contribution in [0.4, 0.5) is 0 Å². The smallest absolute Gasteiger partial charge is 0.180 e. The second-order valence-corrected chi connectivity index (χ2v) is 6.78. The van der Waals surface area contributed by atoms with Gasteiger partial charge in [0, 0.05) is 11.0 Å². The molecule has 1 aromatic carbocycles. The molecule has 2 aliphatic carbocycles. The predicted octanol–water partition coefficient (Wildman–Crippen LogP) is 2.72. The van der Waals surface area contributed by atoms with Crippen LogP contribution in [0.25, 0.3) is 0 Å². The van der Waals surface area contributed by atoms with Crippen LogP contribution in [0.3, 0.4) is 0 Å². The summed E-state index contributed by atoms with van der Waals surface area (Å²) in [6.45, 7) is 0.988. The van der Waals surface area contributed by atoms with Gasteiger partial charge < -0.3 is 5.11 Å². The van der Waals surface area contributed by atoms with Crippen LogP contribution < -0.4 is 0 Å². The fourth-order valence-electron chi connectivity index (χ4n) is 5.03. The fourth-order valence-corrected chi connectivity index (χ4v) is 5.03. The third-order valence-electron chi connectivity index (χ3n) is 5.94. The summed E-state index contributed by atoms with van der Waals surface area (Å²) in [5, 5.41) is 9.89. The Kier molecular flexibility index (Phi) is 2.53. The van der Waals surface area contributed by atoms with Gasteiger partial charge in [0.25, 0.3) is 0 Å². The number of hydrogen-bond acceptors (Lipinski definition) is 3. The largest absolute Gasteiger partial charge is 0.508 e. The lowest BCUT2D eigenvalue weighted by Gasteiger charge is -2.57. The van der Waals surface area contributed by atoms with Gasteiger partial charge >= 0.3 is 0 Å². The highest BCUT2D eigenvalue weighted by Crippen LogP contribution is 2.55. The van der Waals surface area contributed by atoms with Crippen LogP contribution in [-0.2, 0) is 5.41 Å². The molecule has 106 valence electrons. The minimum absolute atomic E-state index is 0.0566. The molecule has 2 bridgehead atoms. The summed E-state index contributed by atoms with van der Waals surface area (Å²) in [5.74, 6) is 1.01. The van der Waals surface area contributed by atoms with Crippen molar-refractivity contribution in [3.8, 4) is 5.75 Å². The molecule has 0 amide bonds. The molecular weight excluding hydrogens is 250 g/mol.